The lowest BCUT2D eigenvalue weighted by Gasteiger charge is -2.59. The summed E-state index contributed by atoms with van der Waals surface area (Å²) in [5, 5.41) is 4.47. The number of nitrogens with one attached hydrogen (secondary N) is 2. The Kier molecular flexibility index (Phi) is 7.33. The van der Waals surface area contributed by atoms with Crippen molar-refractivity contribution >= 4 is 17.8 Å². The van der Waals surface area contributed by atoms with E-state index in [4.69, 9.17) is 14.2 Å². The molecule has 4 aliphatic rings. The van der Waals surface area contributed by atoms with Crippen LogP contribution in [0.5, 0.6) is 17.2 Å². The molecule has 0 saturated carbocycles. The maximum atomic E-state index is 13.4. The number of benzene rings is 2. The summed E-state index contributed by atoms with van der Waals surface area (Å²) in [4.78, 5) is 42.9. The number of halogens is 3. The van der Waals surface area contributed by atoms with Crippen LogP contribution in [-0.4, -0.2) is 92.2 Å². The van der Waals surface area contributed by atoms with E-state index in [9.17, 15) is 27.6 Å². The van der Waals surface area contributed by atoms with Crippen LogP contribution in [0.3, 0.4) is 0 Å². The maximum absolute atomic E-state index is 13.4. The zero-order valence-corrected chi connectivity index (χ0v) is 22.4. The molecule has 1 atom stereocenters. The molecule has 4 saturated heterocycles. The normalized spacial score (nSPS) is 24.2. The fraction of sp³-hybridized carbons (Fsp3) is 0.464. The minimum Gasteiger partial charge on any atom is -0.457 e. The number of ether oxygens (including phenoxy) is 4. The van der Waals surface area contributed by atoms with Gasteiger partial charge in [-0.15, -0.1) is 13.2 Å². The number of carbonyl (C=O) groups is 3. The molecule has 6 rings (SSSR count). The van der Waals surface area contributed by atoms with Crippen LogP contribution in [-0.2, 0) is 24.6 Å². The van der Waals surface area contributed by atoms with Gasteiger partial charge in [0.2, 0.25) is 5.54 Å². The first-order valence-electron chi connectivity index (χ1n) is 13.5. The molecule has 11 nitrogen and oxygen atoms in total. The summed E-state index contributed by atoms with van der Waals surface area (Å²) in [6.07, 6.45) is -3.79. The molecule has 0 aromatic heterocycles. The predicted octanol–water partition coefficient (Wildman–Crippen LogP) is 2.36. The summed E-state index contributed by atoms with van der Waals surface area (Å²) in [6, 6.07) is 10.1. The van der Waals surface area contributed by atoms with Gasteiger partial charge in [-0.25, -0.2) is 4.79 Å². The lowest BCUT2D eigenvalue weighted by Crippen LogP contribution is -2.80. The highest BCUT2D eigenvalue weighted by Crippen LogP contribution is 2.42. The Morgan fingerprint density at radius 3 is 2.10 bits per heavy atom. The van der Waals surface area contributed by atoms with E-state index in [1.165, 1.54) is 24.3 Å². The predicted molar refractivity (Wildman–Crippen MR) is 139 cm³/mol. The molecular weight excluding hydrogens is 561 g/mol. The molecule has 1 spiro atoms. The molecule has 0 radical (unpaired) electrons. The van der Waals surface area contributed by atoms with Gasteiger partial charge in [-0.3, -0.25) is 30.0 Å². The molecule has 4 amide bonds. The molecule has 4 aliphatic heterocycles. The Bertz CT molecular complexity index is 1320. The molecule has 0 bridgehead atoms. The number of amides is 4. The smallest absolute Gasteiger partial charge is 0.457 e. The van der Waals surface area contributed by atoms with Crippen molar-refractivity contribution < 1.29 is 46.5 Å². The number of carbonyl (C=O) groups excluding carboxylic acids is 3. The van der Waals surface area contributed by atoms with Gasteiger partial charge in [0.25, 0.3) is 11.8 Å². The second kappa shape index (κ2) is 10.8. The number of nitrogens with zero attached hydrogens (tertiary/aromatic N) is 2. The average molecular weight is 591 g/mol. The highest BCUT2D eigenvalue weighted by Gasteiger charge is 2.63. The van der Waals surface area contributed by atoms with Crippen LogP contribution in [0.15, 0.2) is 48.5 Å². The van der Waals surface area contributed by atoms with E-state index >= 15 is 0 Å². The number of alkyl halides is 3. The Labute approximate surface area is 238 Å². The van der Waals surface area contributed by atoms with E-state index < -0.39 is 35.3 Å². The van der Waals surface area contributed by atoms with E-state index in [0.717, 1.165) is 44.9 Å². The lowest BCUT2D eigenvalue weighted by atomic mass is 9.78. The van der Waals surface area contributed by atoms with Crippen LogP contribution in [0.25, 0.3) is 0 Å². The van der Waals surface area contributed by atoms with Crippen molar-refractivity contribution in [2.75, 3.05) is 52.5 Å². The molecule has 4 heterocycles. The molecule has 0 aliphatic carbocycles. The first-order valence-corrected chi connectivity index (χ1v) is 13.5. The number of imide groups is 2. The molecule has 0 unspecified atom stereocenters. The number of urea groups is 1. The van der Waals surface area contributed by atoms with Gasteiger partial charge in [-0.05, 0) is 54.3 Å². The summed E-state index contributed by atoms with van der Waals surface area (Å²) < 4.78 is 58.6. The van der Waals surface area contributed by atoms with Crippen LogP contribution < -0.4 is 20.1 Å². The number of hydrogen-bond donors (Lipinski definition) is 2. The lowest BCUT2D eigenvalue weighted by molar-refractivity contribution is -0.274. The number of rotatable bonds is 7. The molecule has 42 heavy (non-hydrogen) atoms. The van der Waals surface area contributed by atoms with E-state index in [1.54, 1.807) is 17.0 Å². The third-order valence-corrected chi connectivity index (χ3v) is 7.98. The van der Waals surface area contributed by atoms with E-state index in [2.05, 4.69) is 20.3 Å². The number of hydrogen-bond acceptors (Lipinski definition) is 9. The summed E-state index contributed by atoms with van der Waals surface area (Å²) in [7, 11) is 0. The third kappa shape index (κ3) is 5.54. The van der Waals surface area contributed by atoms with Crippen molar-refractivity contribution in [1.29, 1.82) is 0 Å². The van der Waals surface area contributed by atoms with Crippen molar-refractivity contribution in [3.63, 3.8) is 0 Å². The van der Waals surface area contributed by atoms with Gasteiger partial charge in [0.15, 0.2) is 0 Å². The molecule has 2 aromatic carbocycles. The van der Waals surface area contributed by atoms with Crippen molar-refractivity contribution in [3.8, 4) is 17.2 Å². The largest absolute Gasteiger partial charge is 0.573 e. The quantitative estimate of drug-likeness (QED) is 0.469. The van der Waals surface area contributed by atoms with E-state index in [0.29, 0.717) is 43.5 Å². The van der Waals surface area contributed by atoms with E-state index in [-0.39, 0.29) is 11.5 Å². The van der Waals surface area contributed by atoms with Crippen LogP contribution >= 0.6 is 0 Å². The zero-order valence-electron chi connectivity index (χ0n) is 22.4. The summed E-state index contributed by atoms with van der Waals surface area (Å²) in [5.74, 6) is -0.894. The van der Waals surface area contributed by atoms with Crippen molar-refractivity contribution in [2.24, 2.45) is 5.92 Å². The minimum absolute atomic E-state index is 0.249. The zero-order chi connectivity index (χ0) is 29.5. The Balaban J connectivity index is 1.19. The topological polar surface area (TPSA) is 119 Å². The first-order chi connectivity index (χ1) is 20.0. The molecule has 2 N–H and O–H groups in total. The standard InChI is InChI=1S/C28H29F3N4O7/c29-28(30,31)42-22-7-5-21(6-8-22)41-20-3-1-19(2-4-20)27(23(36)32-25(38)33-24(27)37)35-16-26(17-35)15-34(10-12-40-26)13-18-9-11-39-14-18/h1-8,18H,9-17H2,(H2,32,33,36,37,38)/t18-/m1/s1. The third-order valence-electron chi connectivity index (χ3n) is 7.98. The molecule has 224 valence electrons. The second-order valence-electron chi connectivity index (χ2n) is 10.9. The maximum Gasteiger partial charge on any atom is 0.573 e. The van der Waals surface area contributed by atoms with Crippen molar-refractivity contribution in [1.82, 2.24) is 20.4 Å². The summed E-state index contributed by atoms with van der Waals surface area (Å²) in [5.41, 5.74) is -2.06. The highest BCUT2D eigenvalue weighted by molar-refractivity contribution is 6.22. The van der Waals surface area contributed by atoms with Gasteiger partial charge in [0.05, 0.1) is 13.2 Å². The second-order valence-corrected chi connectivity index (χ2v) is 10.9. The number of morpholine rings is 1. The van der Waals surface area contributed by atoms with Gasteiger partial charge in [-0.1, -0.05) is 12.1 Å². The molecule has 2 aromatic rings. The Morgan fingerprint density at radius 2 is 1.50 bits per heavy atom. The fourth-order valence-corrected chi connectivity index (χ4v) is 6.11. The van der Waals surface area contributed by atoms with Crippen LogP contribution in [0.4, 0.5) is 18.0 Å². The van der Waals surface area contributed by atoms with E-state index in [1.807, 2.05) is 0 Å². The SMILES string of the molecule is O=C1NC(=O)C(c2ccc(Oc3ccc(OC(F)(F)F)cc3)cc2)(N2CC3(CN(C[C@H]4CCOC4)CCO3)C2)C(=O)N1. The Hall–Kier alpha value is -3.72. The average Bonchev–Trinajstić information content (AvgIpc) is 3.42. The van der Waals surface area contributed by atoms with Crippen LogP contribution in [0.2, 0.25) is 0 Å². The number of barbiturate groups is 1. The summed E-state index contributed by atoms with van der Waals surface area (Å²) >= 11 is 0. The van der Waals surface area contributed by atoms with Gasteiger partial charge < -0.3 is 18.9 Å². The first kappa shape index (κ1) is 28.4. The highest BCUT2D eigenvalue weighted by atomic mass is 19.4. The molecular formula is C28H29F3N4O7. The molecule has 4 fully saturated rings. The summed E-state index contributed by atoms with van der Waals surface area (Å²) in [6.45, 7) is 4.97. The fourth-order valence-electron chi connectivity index (χ4n) is 6.11. The number of likely N-dealkylation sites (tertiary alicyclic amines) is 1. The Morgan fingerprint density at radius 1 is 0.881 bits per heavy atom. The van der Waals surface area contributed by atoms with Gasteiger partial charge in [0.1, 0.15) is 22.8 Å². The molecule has 14 heteroatoms. The van der Waals surface area contributed by atoms with Gasteiger partial charge in [0, 0.05) is 39.3 Å². The van der Waals surface area contributed by atoms with Gasteiger partial charge >= 0.3 is 12.4 Å². The minimum atomic E-state index is -4.81. The van der Waals surface area contributed by atoms with Crippen LogP contribution in [0.1, 0.15) is 12.0 Å². The monoisotopic (exact) mass is 590 g/mol. The van der Waals surface area contributed by atoms with Crippen LogP contribution in [0, 0.1) is 5.92 Å². The van der Waals surface area contributed by atoms with Crippen molar-refractivity contribution in [2.45, 2.75) is 23.9 Å². The van der Waals surface area contributed by atoms with Crippen molar-refractivity contribution in [3.05, 3.63) is 54.1 Å². The van der Waals surface area contributed by atoms with Gasteiger partial charge in [-0.2, -0.15) is 0 Å².